The molecule has 0 spiro atoms. The van der Waals surface area contributed by atoms with Crippen LogP contribution in [0.3, 0.4) is 0 Å². The molecule has 0 unspecified atom stereocenters. The zero-order chi connectivity index (χ0) is 13.1. The summed E-state index contributed by atoms with van der Waals surface area (Å²) in [6, 6.07) is 6.68. The molecule has 1 aromatic carbocycles. The molecule has 1 rings (SSSR count). The number of rotatable bonds is 5. The van der Waals surface area contributed by atoms with Gasteiger partial charge in [0, 0.05) is 18.2 Å². The van der Waals surface area contributed by atoms with E-state index in [1.165, 1.54) is 7.11 Å². The molecule has 17 heavy (non-hydrogen) atoms. The van der Waals surface area contributed by atoms with Crippen molar-refractivity contribution in [2.24, 2.45) is 11.7 Å². The van der Waals surface area contributed by atoms with Gasteiger partial charge < -0.3 is 9.84 Å². The van der Waals surface area contributed by atoms with Crippen LogP contribution >= 0.6 is 0 Å². The van der Waals surface area contributed by atoms with Crippen LogP contribution in [0.2, 0.25) is 0 Å². The van der Waals surface area contributed by atoms with Crippen LogP contribution in [0.25, 0.3) is 0 Å². The Morgan fingerprint density at radius 3 is 2.24 bits per heavy atom. The smallest absolute Gasteiger partial charge is 0.168 e. The average molecular weight is 237 g/mol. The maximum absolute atomic E-state index is 10.6. The molecule has 0 saturated heterocycles. The minimum Gasteiger partial charge on any atom is -0.388 e. The molecule has 1 aromatic rings. The van der Waals surface area contributed by atoms with Gasteiger partial charge in [-0.15, -0.1) is 0 Å². The molecule has 0 aliphatic carbocycles. The molecule has 0 aliphatic rings. The molecule has 2 atom stereocenters. The highest BCUT2D eigenvalue weighted by molar-refractivity contribution is 5.74. The van der Waals surface area contributed by atoms with E-state index in [9.17, 15) is 9.90 Å². The lowest BCUT2D eigenvalue weighted by Gasteiger charge is -2.35. The minimum absolute atomic E-state index is 0.0364. The van der Waals surface area contributed by atoms with E-state index in [0.717, 1.165) is 6.29 Å². The summed E-state index contributed by atoms with van der Waals surface area (Å²) < 4.78 is 5.26. The molecule has 94 valence electrons. The summed E-state index contributed by atoms with van der Waals surface area (Å²) in [5.41, 5.74) is 6.05. The number of methoxy groups -OCH3 is 1. The fourth-order valence-corrected chi connectivity index (χ4v) is 1.73. The van der Waals surface area contributed by atoms with Crippen molar-refractivity contribution in [1.29, 1.82) is 0 Å². The van der Waals surface area contributed by atoms with E-state index in [0.29, 0.717) is 11.1 Å². The summed E-state index contributed by atoms with van der Waals surface area (Å²) in [4.78, 5) is 10.6. The normalized spacial score (nSPS) is 16.6. The van der Waals surface area contributed by atoms with Gasteiger partial charge in [-0.25, -0.2) is 0 Å². The van der Waals surface area contributed by atoms with E-state index in [1.807, 2.05) is 13.8 Å². The van der Waals surface area contributed by atoms with Crippen LogP contribution in [0.15, 0.2) is 24.3 Å². The Labute approximate surface area is 101 Å². The standard InChI is InChI=1S/C13H19NO3/c1-9(2)12(16)13(14,17-3)11-6-4-10(8-15)5-7-11/h4-9,12,16H,14H2,1-3H3/t12-,13-/m1/s1. The van der Waals surface area contributed by atoms with E-state index >= 15 is 0 Å². The number of hydrogen-bond donors (Lipinski definition) is 2. The predicted molar refractivity (Wildman–Crippen MR) is 65.5 cm³/mol. The van der Waals surface area contributed by atoms with Crippen molar-refractivity contribution in [3.8, 4) is 0 Å². The first kappa shape index (κ1) is 13.8. The summed E-state index contributed by atoms with van der Waals surface area (Å²) in [6.45, 7) is 3.73. The zero-order valence-electron chi connectivity index (χ0n) is 10.4. The topological polar surface area (TPSA) is 72.5 Å². The summed E-state index contributed by atoms with van der Waals surface area (Å²) in [7, 11) is 1.46. The molecule has 0 saturated carbocycles. The van der Waals surface area contributed by atoms with Crippen molar-refractivity contribution in [2.45, 2.75) is 25.7 Å². The van der Waals surface area contributed by atoms with Gasteiger partial charge >= 0.3 is 0 Å². The van der Waals surface area contributed by atoms with Crippen molar-refractivity contribution in [1.82, 2.24) is 0 Å². The number of aliphatic hydroxyl groups excluding tert-OH is 1. The van der Waals surface area contributed by atoms with Crippen LogP contribution in [0.1, 0.15) is 29.8 Å². The van der Waals surface area contributed by atoms with Gasteiger partial charge in [-0.2, -0.15) is 0 Å². The maximum atomic E-state index is 10.6. The molecule has 0 aliphatic heterocycles. The van der Waals surface area contributed by atoms with E-state index in [2.05, 4.69) is 0 Å². The maximum Gasteiger partial charge on any atom is 0.168 e. The van der Waals surface area contributed by atoms with Crippen molar-refractivity contribution in [3.05, 3.63) is 35.4 Å². The van der Waals surface area contributed by atoms with Crippen LogP contribution in [0, 0.1) is 5.92 Å². The average Bonchev–Trinajstić information content (AvgIpc) is 2.36. The second-order valence-corrected chi connectivity index (χ2v) is 4.43. The van der Waals surface area contributed by atoms with Crippen LogP contribution in [-0.2, 0) is 10.5 Å². The van der Waals surface area contributed by atoms with Crippen LogP contribution in [0.5, 0.6) is 0 Å². The number of aldehydes is 1. The second-order valence-electron chi connectivity index (χ2n) is 4.43. The first-order valence-electron chi connectivity index (χ1n) is 5.53. The van der Waals surface area contributed by atoms with E-state index in [1.54, 1.807) is 24.3 Å². The quantitative estimate of drug-likeness (QED) is 0.597. The number of nitrogens with two attached hydrogens (primary N) is 1. The van der Waals surface area contributed by atoms with Gasteiger partial charge in [0.25, 0.3) is 0 Å². The van der Waals surface area contributed by atoms with Gasteiger partial charge in [0.2, 0.25) is 0 Å². The van der Waals surface area contributed by atoms with Gasteiger partial charge in [0.15, 0.2) is 5.72 Å². The van der Waals surface area contributed by atoms with Gasteiger partial charge in [-0.3, -0.25) is 10.5 Å². The number of aliphatic hydroxyl groups is 1. The summed E-state index contributed by atoms with van der Waals surface area (Å²) in [5, 5.41) is 10.1. The first-order chi connectivity index (χ1) is 7.95. The third-order valence-corrected chi connectivity index (χ3v) is 2.91. The number of carbonyl (C=O) groups excluding carboxylic acids is 1. The van der Waals surface area contributed by atoms with E-state index < -0.39 is 11.8 Å². The van der Waals surface area contributed by atoms with Gasteiger partial charge in [0.05, 0.1) is 0 Å². The molecule has 0 heterocycles. The monoisotopic (exact) mass is 237 g/mol. The Hall–Kier alpha value is -1.23. The van der Waals surface area contributed by atoms with Crippen LogP contribution < -0.4 is 5.73 Å². The highest BCUT2D eigenvalue weighted by Gasteiger charge is 2.37. The van der Waals surface area contributed by atoms with E-state index in [-0.39, 0.29) is 5.92 Å². The Bertz CT molecular complexity index is 375. The highest BCUT2D eigenvalue weighted by Crippen LogP contribution is 2.27. The number of benzene rings is 1. The molecule has 3 N–H and O–H groups in total. The fraction of sp³-hybridized carbons (Fsp3) is 0.462. The van der Waals surface area contributed by atoms with Gasteiger partial charge in [0.1, 0.15) is 12.4 Å². The van der Waals surface area contributed by atoms with Crippen molar-refractivity contribution in [2.75, 3.05) is 7.11 Å². The second kappa shape index (κ2) is 5.40. The van der Waals surface area contributed by atoms with Crippen molar-refractivity contribution in [3.63, 3.8) is 0 Å². The van der Waals surface area contributed by atoms with E-state index in [4.69, 9.17) is 10.5 Å². The fourth-order valence-electron chi connectivity index (χ4n) is 1.73. The predicted octanol–water partition coefficient (Wildman–Crippen LogP) is 1.27. The molecule has 0 bridgehead atoms. The number of hydrogen-bond acceptors (Lipinski definition) is 4. The Balaban J connectivity index is 3.10. The lowest BCUT2D eigenvalue weighted by Crippen LogP contribution is -2.51. The highest BCUT2D eigenvalue weighted by atomic mass is 16.5. The molecule has 4 heteroatoms. The molecule has 0 amide bonds. The minimum atomic E-state index is -1.25. The third-order valence-electron chi connectivity index (χ3n) is 2.91. The Morgan fingerprint density at radius 1 is 1.35 bits per heavy atom. The number of carbonyl (C=O) groups is 1. The van der Waals surface area contributed by atoms with Crippen molar-refractivity contribution < 1.29 is 14.6 Å². The summed E-state index contributed by atoms with van der Waals surface area (Å²) in [6.07, 6.45) is -0.0669. The molecule has 0 aromatic heterocycles. The largest absolute Gasteiger partial charge is 0.388 e. The Morgan fingerprint density at radius 2 is 1.88 bits per heavy atom. The molecular formula is C13H19NO3. The van der Waals surface area contributed by atoms with Gasteiger partial charge in [-0.1, -0.05) is 38.1 Å². The lowest BCUT2D eigenvalue weighted by molar-refractivity contribution is -0.122. The van der Waals surface area contributed by atoms with Crippen molar-refractivity contribution >= 4 is 6.29 Å². The molecule has 0 fully saturated rings. The van der Waals surface area contributed by atoms with Crippen LogP contribution in [0.4, 0.5) is 0 Å². The first-order valence-corrected chi connectivity index (χ1v) is 5.53. The molecule has 0 radical (unpaired) electrons. The Kier molecular flexibility index (Phi) is 4.40. The summed E-state index contributed by atoms with van der Waals surface area (Å²) in [5.74, 6) is -0.0364. The number of ether oxygens (including phenoxy) is 1. The van der Waals surface area contributed by atoms with Gasteiger partial charge in [-0.05, 0) is 5.92 Å². The zero-order valence-corrected chi connectivity index (χ0v) is 10.4. The molecular weight excluding hydrogens is 218 g/mol. The molecule has 4 nitrogen and oxygen atoms in total. The van der Waals surface area contributed by atoms with Crippen LogP contribution in [-0.4, -0.2) is 24.6 Å². The SMILES string of the molecule is CO[C@](N)(c1ccc(C=O)cc1)[C@H](O)C(C)C. The lowest BCUT2D eigenvalue weighted by atomic mass is 9.90. The third kappa shape index (κ3) is 2.72. The summed E-state index contributed by atoms with van der Waals surface area (Å²) >= 11 is 0.